The van der Waals surface area contributed by atoms with Crippen molar-refractivity contribution in [2.75, 3.05) is 0 Å². The summed E-state index contributed by atoms with van der Waals surface area (Å²) >= 11 is 0. The van der Waals surface area contributed by atoms with Crippen molar-refractivity contribution >= 4 is 0 Å². The highest BCUT2D eigenvalue weighted by atomic mass is 14.8. The molecule has 2 aliphatic rings. The Morgan fingerprint density at radius 1 is 0.913 bits per heavy atom. The molecule has 2 aliphatic carbocycles. The summed E-state index contributed by atoms with van der Waals surface area (Å²) in [6.07, 6.45) is 12.3. The Hall–Kier alpha value is -0.0800. The molecule has 2 nitrogen and oxygen atoms in total. The van der Waals surface area contributed by atoms with Gasteiger partial charge in [-0.1, -0.05) is 60.3 Å². The molecule has 0 aromatic carbocycles. The SMILES string of the molecule is CCC1(C)CCCC1(C)C(C)(N)CCC1(N)CCCCC1(C)C. The van der Waals surface area contributed by atoms with Crippen molar-refractivity contribution in [3.63, 3.8) is 0 Å². The van der Waals surface area contributed by atoms with Gasteiger partial charge in [0.2, 0.25) is 0 Å². The van der Waals surface area contributed by atoms with E-state index in [0.717, 1.165) is 19.3 Å². The molecule has 2 saturated carbocycles. The van der Waals surface area contributed by atoms with Gasteiger partial charge in [-0.15, -0.1) is 0 Å². The second-order valence-corrected chi connectivity index (χ2v) is 10.3. The smallest absolute Gasteiger partial charge is 0.0206 e. The normalized spacial score (nSPS) is 43.3. The predicted octanol–water partition coefficient (Wildman–Crippen LogP) is 5.39. The number of hydrogen-bond acceptors (Lipinski definition) is 2. The molecule has 0 radical (unpaired) electrons. The van der Waals surface area contributed by atoms with Gasteiger partial charge >= 0.3 is 0 Å². The molecule has 23 heavy (non-hydrogen) atoms. The van der Waals surface area contributed by atoms with Crippen molar-refractivity contribution in [2.24, 2.45) is 27.7 Å². The Morgan fingerprint density at radius 2 is 1.52 bits per heavy atom. The maximum Gasteiger partial charge on any atom is 0.0206 e. The van der Waals surface area contributed by atoms with Crippen molar-refractivity contribution in [1.29, 1.82) is 0 Å². The second kappa shape index (κ2) is 6.02. The largest absolute Gasteiger partial charge is 0.325 e. The third-order valence-electron chi connectivity index (χ3n) is 8.89. The maximum atomic E-state index is 7.02. The van der Waals surface area contributed by atoms with Crippen LogP contribution in [0, 0.1) is 16.2 Å². The quantitative estimate of drug-likeness (QED) is 0.713. The van der Waals surface area contributed by atoms with Gasteiger partial charge in [-0.25, -0.2) is 0 Å². The van der Waals surface area contributed by atoms with Crippen molar-refractivity contribution < 1.29 is 0 Å². The van der Waals surface area contributed by atoms with Gasteiger partial charge in [0.1, 0.15) is 0 Å². The number of rotatable bonds is 5. The van der Waals surface area contributed by atoms with Gasteiger partial charge in [0.25, 0.3) is 0 Å². The van der Waals surface area contributed by atoms with Crippen molar-refractivity contribution in [3.8, 4) is 0 Å². The highest BCUT2D eigenvalue weighted by Gasteiger charge is 2.56. The third kappa shape index (κ3) is 2.99. The molecular weight excluding hydrogens is 280 g/mol. The number of nitrogens with two attached hydrogens (primary N) is 2. The van der Waals surface area contributed by atoms with Crippen LogP contribution in [0.15, 0.2) is 0 Å². The Bertz CT molecular complexity index is 428. The van der Waals surface area contributed by atoms with Gasteiger partial charge in [-0.3, -0.25) is 0 Å². The molecular formula is C21H42N2. The Morgan fingerprint density at radius 3 is 2.09 bits per heavy atom. The minimum Gasteiger partial charge on any atom is -0.325 e. The highest BCUT2D eigenvalue weighted by Crippen LogP contribution is 2.60. The molecule has 0 heterocycles. The molecule has 2 rings (SSSR count). The van der Waals surface area contributed by atoms with E-state index in [4.69, 9.17) is 11.5 Å². The van der Waals surface area contributed by atoms with Gasteiger partial charge in [-0.2, -0.15) is 0 Å². The highest BCUT2D eigenvalue weighted by molar-refractivity contribution is 5.10. The molecule has 2 fully saturated rings. The second-order valence-electron chi connectivity index (χ2n) is 10.3. The van der Waals surface area contributed by atoms with E-state index in [9.17, 15) is 0 Å². The van der Waals surface area contributed by atoms with Crippen LogP contribution in [0.25, 0.3) is 0 Å². The number of hydrogen-bond donors (Lipinski definition) is 2. The first kappa shape index (κ1) is 19.2. The van der Waals surface area contributed by atoms with E-state index in [2.05, 4.69) is 41.5 Å². The van der Waals surface area contributed by atoms with Crippen LogP contribution in [-0.4, -0.2) is 11.1 Å². The molecule has 0 amide bonds. The lowest BCUT2D eigenvalue weighted by atomic mass is 9.54. The van der Waals surface area contributed by atoms with Gasteiger partial charge in [0.05, 0.1) is 0 Å². The van der Waals surface area contributed by atoms with Crippen LogP contribution in [0.4, 0.5) is 0 Å². The van der Waals surface area contributed by atoms with E-state index < -0.39 is 0 Å². The van der Waals surface area contributed by atoms with Gasteiger partial charge in [0, 0.05) is 11.1 Å². The summed E-state index contributed by atoms with van der Waals surface area (Å²) in [4.78, 5) is 0. The zero-order valence-electron chi connectivity index (χ0n) is 16.7. The van der Waals surface area contributed by atoms with Gasteiger partial charge < -0.3 is 11.5 Å². The lowest BCUT2D eigenvalue weighted by Gasteiger charge is -2.54. The average Bonchev–Trinajstić information content (AvgIpc) is 2.78. The van der Waals surface area contributed by atoms with E-state index in [-0.39, 0.29) is 21.9 Å². The van der Waals surface area contributed by atoms with Crippen LogP contribution in [0.2, 0.25) is 0 Å². The molecule has 4 N–H and O–H groups in total. The predicted molar refractivity (Wildman–Crippen MR) is 101 cm³/mol. The summed E-state index contributed by atoms with van der Waals surface area (Å²) in [5.74, 6) is 0. The van der Waals surface area contributed by atoms with E-state index in [1.54, 1.807) is 0 Å². The summed E-state index contributed by atoms with van der Waals surface area (Å²) < 4.78 is 0. The van der Waals surface area contributed by atoms with E-state index in [0.29, 0.717) is 5.41 Å². The monoisotopic (exact) mass is 322 g/mol. The lowest BCUT2D eigenvalue weighted by molar-refractivity contribution is 0.00311. The summed E-state index contributed by atoms with van der Waals surface area (Å²) in [6.45, 7) is 14.3. The van der Waals surface area contributed by atoms with E-state index >= 15 is 0 Å². The van der Waals surface area contributed by atoms with E-state index in [1.165, 1.54) is 44.9 Å². The van der Waals surface area contributed by atoms with Crippen LogP contribution >= 0.6 is 0 Å². The van der Waals surface area contributed by atoms with Crippen LogP contribution in [-0.2, 0) is 0 Å². The fourth-order valence-corrected chi connectivity index (χ4v) is 5.77. The molecule has 0 aromatic heterocycles. The van der Waals surface area contributed by atoms with Gasteiger partial charge in [0.15, 0.2) is 0 Å². The van der Waals surface area contributed by atoms with E-state index in [1.807, 2.05) is 0 Å². The third-order valence-corrected chi connectivity index (χ3v) is 8.89. The molecule has 0 aromatic rings. The summed E-state index contributed by atoms with van der Waals surface area (Å²) in [6, 6.07) is 0. The molecule has 0 spiro atoms. The molecule has 0 bridgehead atoms. The molecule has 4 unspecified atom stereocenters. The summed E-state index contributed by atoms with van der Waals surface area (Å²) in [5, 5.41) is 0. The van der Waals surface area contributed by atoms with Crippen LogP contribution in [0.5, 0.6) is 0 Å². The first-order chi connectivity index (χ1) is 10.4. The molecule has 136 valence electrons. The van der Waals surface area contributed by atoms with Gasteiger partial charge in [-0.05, 0) is 61.7 Å². The average molecular weight is 323 g/mol. The van der Waals surface area contributed by atoms with Crippen molar-refractivity contribution in [3.05, 3.63) is 0 Å². The Balaban J connectivity index is 2.15. The van der Waals surface area contributed by atoms with Crippen LogP contribution < -0.4 is 11.5 Å². The minimum absolute atomic E-state index is 0.0382. The summed E-state index contributed by atoms with van der Waals surface area (Å²) in [7, 11) is 0. The maximum absolute atomic E-state index is 7.02. The zero-order valence-corrected chi connectivity index (χ0v) is 16.7. The Kier molecular flexibility index (Phi) is 5.04. The standard InChI is InChI=1S/C21H42N2/c1-7-18(4)12-10-13-19(18,5)20(6,22)15-16-21(23)14-9-8-11-17(21,2)3/h7-16,22-23H2,1-6H3. The summed E-state index contributed by atoms with van der Waals surface area (Å²) in [5.41, 5.74) is 14.6. The first-order valence-corrected chi connectivity index (χ1v) is 10.0. The lowest BCUT2D eigenvalue weighted by Crippen LogP contribution is -2.60. The minimum atomic E-state index is -0.131. The Labute approximate surface area is 145 Å². The molecule has 0 saturated heterocycles. The fourth-order valence-electron chi connectivity index (χ4n) is 5.77. The van der Waals surface area contributed by atoms with Crippen molar-refractivity contribution in [2.45, 2.75) is 117 Å². The van der Waals surface area contributed by atoms with Crippen molar-refractivity contribution in [1.82, 2.24) is 0 Å². The molecule has 0 aliphatic heterocycles. The molecule has 2 heteroatoms. The van der Waals surface area contributed by atoms with Crippen LogP contribution in [0.3, 0.4) is 0 Å². The van der Waals surface area contributed by atoms with Crippen LogP contribution in [0.1, 0.15) is 106 Å². The first-order valence-electron chi connectivity index (χ1n) is 10.0. The fraction of sp³-hybridized carbons (Fsp3) is 1.00. The molecule has 4 atom stereocenters. The zero-order chi connectivity index (χ0) is 17.6. The topological polar surface area (TPSA) is 52.0 Å².